The third kappa shape index (κ3) is 3.37. The van der Waals surface area contributed by atoms with Gasteiger partial charge in [-0.15, -0.1) is 0 Å². The summed E-state index contributed by atoms with van der Waals surface area (Å²) in [5.41, 5.74) is 0. The highest BCUT2D eigenvalue weighted by Crippen LogP contribution is 2.30. The smallest absolute Gasteiger partial charge is 0.0579 e. The van der Waals surface area contributed by atoms with E-state index in [1.807, 2.05) is 0 Å². The Morgan fingerprint density at radius 2 is 1.29 bits per heavy atom. The Labute approximate surface area is 101 Å². The van der Waals surface area contributed by atoms with Crippen LogP contribution < -0.4 is 0 Å². The normalized spacial score (nSPS) is 35.8. The lowest BCUT2D eigenvalue weighted by atomic mass is 9.95. The number of hydrogen-bond acceptors (Lipinski definition) is 1. The Morgan fingerprint density at radius 1 is 0.714 bits per heavy atom. The number of alkyl halides is 1. The van der Waals surface area contributed by atoms with Crippen LogP contribution >= 0.6 is 22.6 Å². The van der Waals surface area contributed by atoms with Gasteiger partial charge in [0.05, 0.1) is 12.2 Å². The van der Waals surface area contributed by atoms with Gasteiger partial charge >= 0.3 is 0 Å². The molecule has 2 rings (SSSR count). The van der Waals surface area contributed by atoms with E-state index in [0.29, 0.717) is 12.2 Å². The summed E-state index contributed by atoms with van der Waals surface area (Å²) in [6, 6.07) is 0. The van der Waals surface area contributed by atoms with Gasteiger partial charge < -0.3 is 4.74 Å². The van der Waals surface area contributed by atoms with Gasteiger partial charge in [-0.2, -0.15) is 0 Å². The molecule has 0 amide bonds. The van der Waals surface area contributed by atoms with E-state index in [4.69, 9.17) is 4.74 Å². The standard InChI is InChI=1S/C12H21IO/c13-10-6-8-12(9-7-10)14-11-4-2-1-3-5-11/h10-12H,1-9H2. The van der Waals surface area contributed by atoms with E-state index in [2.05, 4.69) is 22.6 Å². The minimum Gasteiger partial charge on any atom is -0.375 e. The van der Waals surface area contributed by atoms with Gasteiger partial charge in [-0.1, -0.05) is 41.9 Å². The van der Waals surface area contributed by atoms with E-state index in [-0.39, 0.29) is 0 Å². The highest BCUT2D eigenvalue weighted by molar-refractivity contribution is 14.1. The van der Waals surface area contributed by atoms with Gasteiger partial charge in [-0.05, 0) is 38.5 Å². The molecule has 2 aliphatic carbocycles. The van der Waals surface area contributed by atoms with Crippen LogP contribution in [0.25, 0.3) is 0 Å². The van der Waals surface area contributed by atoms with E-state index in [1.54, 1.807) is 0 Å². The Morgan fingerprint density at radius 3 is 1.93 bits per heavy atom. The van der Waals surface area contributed by atoms with E-state index in [9.17, 15) is 0 Å². The molecule has 14 heavy (non-hydrogen) atoms. The number of hydrogen-bond donors (Lipinski definition) is 0. The molecule has 0 radical (unpaired) electrons. The lowest BCUT2D eigenvalue weighted by Crippen LogP contribution is -2.28. The van der Waals surface area contributed by atoms with Crippen LogP contribution in [0.3, 0.4) is 0 Å². The first-order chi connectivity index (χ1) is 6.84. The van der Waals surface area contributed by atoms with Crippen LogP contribution in [0.2, 0.25) is 0 Å². The van der Waals surface area contributed by atoms with Crippen molar-refractivity contribution in [3.63, 3.8) is 0 Å². The second-order valence-electron chi connectivity index (χ2n) is 4.77. The molecule has 2 saturated carbocycles. The number of ether oxygens (including phenoxy) is 1. The Balaban J connectivity index is 1.68. The SMILES string of the molecule is IC1CCC(OC2CCCCC2)CC1. The topological polar surface area (TPSA) is 9.23 Å². The first kappa shape index (κ1) is 11.2. The molecule has 1 nitrogen and oxygen atoms in total. The molecule has 0 aromatic carbocycles. The highest BCUT2D eigenvalue weighted by Gasteiger charge is 2.23. The Bertz CT molecular complexity index is 158. The van der Waals surface area contributed by atoms with Gasteiger partial charge in [0, 0.05) is 3.92 Å². The van der Waals surface area contributed by atoms with E-state index in [0.717, 1.165) is 3.92 Å². The van der Waals surface area contributed by atoms with Gasteiger partial charge in [0.2, 0.25) is 0 Å². The van der Waals surface area contributed by atoms with Crippen molar-refractivity contribution >= 4 is 22.6 Å². The van der Waals surface area contributed by atoms with Gasteiger partial charge in [0.1, 0.15) is 0 Å². The molecule has 0 saturated heterocycles. The fourth-order valence-corrected chi connectivity index (χ4v) is 3.35. The molecule has 0 heterocycles. The molecule has 0 aromatic rings. The summed E-state index contributed by atoms with van der Waals surface area (Å²) >= 11 is 2.58. The summed E-state index contributed by atoms with van der Waals surface area (Å²) in [6.45, 7) is 0. The molecule has 2 fully saturated rings. The fraction of sp³-hybridized carbons (Fsp3) is 1.00. The van der Waals surface area contributed by atoms with Crippen LogP contribution in [0.5, 0.6) is 0 Å². The minimum absolute atomic E-state index is 0.601. The summed E-state index contributed by atoms with van der Waals surface area (Å²) in [5, 5.41) is 0. The molecule has 0 spiro atoms. The monoisotopic (exact) mass is 308 g/mol. The fourth-order valence-electron chi connectivity index (χ4n) is 2.63. The molecule has 0 unspecified atom stereocenters. The third-order valence-corrected chi connectivity index (χ3v) is 4.79. The minimum atomic E-state index is 0.601. The summed E-state index contributed by atoms with van der Waals surface area (Å²) < 4.78 is 7.09. The molecule has 2 aliphatic rings. The average Bonchev–Trinajstić information content (AvgIpc) is 2.23. The van der Waals surface area contributed by atoms with Crippen molar-refractivity contribution in [3.8, 4) is 0 Å². The quantitative estimate of drug-likeness (QED) is 0.552. The third-order valence-electron chi connectivity index (χ3n) is 3.54. The van der Waals surface area contributed by atoms with E-state index >= 15 is 0 Å². The molecule has 0 aliphatic heterocycles. The van der Waals surface area contributed by atoms with Crippen LogP contribution in [0.4, 0.5) is 0 Å². The van der Waals surface area contributed by atoms with Gasteiger partial charge in [-0.25, -0.2) is 0 Å². The van der Waals surface area contributed by atoms with Crippen molar-refractivity contribution in [2.75, 3.05) is 0 Å². The van der Waals surface area contributed by atoms with Crippen molar-refractivity contribution in [1.29, 1.82) is 0 Å². The zero-order chi connectivity index (χ0) is 9.80. The lowest BCUT2D eigenvalue weighted by Gasteiger charge is -2.31. The van der Waals surface area contributed by atoms with Crippen LogP contribution in [0.15, 0.2) is 0 Å². The van der Waals surface area contributed by atoms with Crippen LogP contribution in [0.1, 0.15) is 57.8 Å². The zero-order valence-corrected chi connectivity index (χ0v) is 11.0. The summed E-state index contributed by atoms with van der Waals surface area (Å²) in [6.07, 6.45) is 13.4. The zero-order valence-electron chi connectivity index (χ0n) is 8.88. The molecule has 0 bridgehead atoms. The Hall–Kier alpha value is 0.690. The molecular weight excluding hydrogens is 287 g/mol. The molecule has 0 atom stereocenters. The number of rotatable bonds is 2. The molecule has 0 aromatic heterocycles. The van der Waals surface area contributed by atoms with E-state index < -0.39 is 0 Å². The predicted octanol–water partition coefficient (Wildman–Crippen LogP) is 4.08. The van der Waals surface area contributed by atoms with Crippen molar-refractivity contribution < 1.29 is 4.74 Å². The van der Waals surface area contributed by atoms with Crippen LogP contribution in [0, 0.1) is 0 Å². The van der Waals surface area contributed by atoms with Gasteiger partial charge in [0.15, 0.2) is 0 Å². The maximum absolute atomic E-state index is 6.18. The predicted molar refractivity (Wildman–Crippen MR) is 68.0 cm³/mol. The lowest BCUT2D eigenvalue weighted by molar-refractivity contribution is -0.0439. The van der Waals surface area contributed by atoms with Crippen molar-refractivity contribution in [2.45, 2.75) is 73.9 Å². The van der Waals surface area contributed by atoms with E-state index in [1.165, 1.54) is 57.8 Å². The second-order valence-corrected chi connectivity index (χ2v) is 6.53. The maximum Gasteiger partial charge on any atom is 0.0579 e. The van der Waals surface area contributed by atoms with Crippen molar-refractivity contribution in [2.24, 2.45) is 0 Å². The van der Waals surface area contributed by atoms with Crippen LogP contribution in [-0.4, -0.2) is 16.1 Å². The molecule has 82 valence electrons. The molecule has 2 heteroatoms. The van der Waals surface area contributed by atoms with Gasteiger partial charge in [0.25, 0.3) is 0 Å². The summed E-state index contributed by atoms with van der Waals surface area (Å²) in [5.74, 6) is 0. The summed E-state index contributed by atoms with van der Waals surface area (Å²) in [7, 11) is 0. The largest absolute Gasteiger partial charge is 0.375 e. The van der Waals surface area contributed by atoms with Crippen molar-refractivity contribution in [1.82, 2.24) is 0 Å². The highest BCUT2D eigenvalue weighted by atomic mass is 127. The van der Waals surface area contributed by atoms with Gasteiger partial charge in [-0.3, -0.25) is 0 Å². The molecule has 0 N–H and O–H groups in total. The molecular formula is C12H21IO. The number of halogens is 1. The maximum atomic E-state index is 6.18. The van der Waals surface area contributed by atoms with Crippen molar-refractivity contribution in [3.05, 3.63) is 0 Å². The van der Waals surface area contributed by atoms with Crippen LogP contribution in [-0.2, 0) is 4.74 Å². The Kier molecular flexibility index (Phi) is 4.54. The average molecular weight is 308 g/mol. The first-order valence-corrected chi connectivity index (χ1v) is 7.38. The summed E-state index contributed by atoms with van der Waals surface area (Å²) in [4.78, 5) is 0. The second kappa shape index (κ2) is 5.69. The first-order valence-electron chi connectivity index (χ1n) is 6.14.